The van der Waals surface area contributed by atoms with Crippen molar-refractivity contribution in [3.63, 3.8) is 0 Å². The first-order valence-electron chi connectivity index (χ1n) is 9.57. The molecule has 29 heavy (non-hydrogen) atoms. The number of benzene rings is 3. The third-order valence-corrected chi connectivity index (χ3v) is 4.34. The van der Waals surface area contributed by atoms with Crippen LogP contribution in [0.3, 0.4) is 0 Å². The zero-order valence-corrected chi connectivity index (χ0v) is 16.1. The number of para-hydroxylation sites is 1. The monoisotopic (exact) mass is 388 g/mol. The Morgan fingerprint density at radius 3 is 2.10 bits per heavy atom. The van der Waals surface area contributed by atoms with Crippen molar-refractivity contribution in [1.29, 1.82) is 0 Å². The van der Waals surface area contributed by atoms with E-state index in [4.69, 9.17) is 4.74 Å². The van der Waals surface area contributed by atoms with Gasteiger partial charge in [-0.05, 0) is 23.8 Å². The van der Waals surface area contributed by atoms with Gasteiger partial charge in [0.25, 0.3) is 5.91 Å². The van der Waals surface area contributed by atoms with Gasteiger partial charge in [0.1, 0.15) is 12.4 Å². The molecule has 3 aromatic rings. The second-order valence-corrected chi connectivity index (χ2v) is 6.53. The minimum atomic E-state index is -0.186. The summed E-state index contributed by atoms with van der Waals surface area (Å²) in [5.74, 6) is 0.500. The van der Waals surface area contributed by atoms with E-state index in [1.165, 1.54) is 0 Å². The zero-order chi connectivity index (χ0) is 20.3. The fraction of sp³-hybridized carbons (Fsp3) is 0.167. The standard InChI is InChI=1S/C24H24N2O3/c27-23(17-19-9-3-1-4-10-19)25-15-16-26-24(28)22-14-8-7-11-20(22)18-29-21-12-5-2-6-13-21/h1-14H,15-18H2,(H,25,27)(H,26,28). The summed E-state index contributed by atoms with van der Waals surface area (Å²) in [7, 11) is 0. The summed E-state index contributed by atoms with van der Waals surface area (Å²) >= 11 is 0. The molecule has 0 aliphatic carbocycles. The Labute approximate surface area is 170 Å². The molecule has 148 valence electrons. The van der Waals surface area contributed by atoms with Crippen molar-refractivity contribution in [3.8, 4) is 5.75 Å². The number of nitrogens with one attached hydrogen (secondary N) is 2. The van der Waals surface area contributed by atoms with E-state index in [9.17, 15) is 9.59 Å². The van der Waals surface area contributed by atoms with Crippen molar-refractivity contribution in [2.24, 2.45) is 0 Å². The molecule has 0 fully saturated rings. The fourth-order valence-corrected chi connectivity index (χ4v) is 2.86. The van der Waals surface area contributed by atoms with E-state index in [0.29, 0.717) is 31.7 Å². The van der Waals surface area contributed by atoms with Crippen molar-refractivity contribution in [2.75, 3.05) is 13.1 Å². The van der Waals surface area contributed by atoms with Gasteiger partial charge in [-0.1, -0.05) is 66.7 Å². The topological polar surface area (TPSA) is 67.4 Å². The van der Waals surface area contributed by atoms with E-state index in [-0.39, 0.29) is 11.8 Å². The van der Waals surface area contributed by atoms with E-state index < -0.39 is 0 Å². The summed E-state index contributed by atoms with van der Waals surface area (Å²) < 4.78 is 5.76. The summed E-state index contributed by atoms with van der Waals surface area (Å²) in [6.45, 7) is 1.04. The maximum Gasteiger partial charge on any atom is 0.251 e. The third-order valence-electron chi connectivity index (χ3n) is 4.34. The molecule has 5 heteroatoms. The highest BCUT2D eigenvalue weighted by atomic mass is 16.5. The zero-order valence-electron chi connectivity index (χ0n) is 16.1. The van der Waals surface area contributed by atoms with Crippen LogP contribution in [0.5, 0.6) is 5.75 Å². The number of ether oxygens (including phenoxy) is 1. The molecule has 5 nitrogen and oxygen atoms in total. The lowest BCUT2D eigenvalue weighted by molar-refractivity contribution is -0.120. The number of hydrogen-bond donors (Lipinski definition) is 2. The molecule has 0 bridgehead atoms. The number of rotatable bonds is 9. The van der Waals surface area contributed by atoms with E-state index in [2.05, 4.69) is 10.6 Å². The number of amides is 2. The Hall–Kier alpha value is -3.60. The second kappa shape index (κ2) is 10.7. The molecule has 2 amide bonds. The Morgan fingerprint density at radius 2 is 1.34 bits per heavy atom. The van der Waals surface area contributed by atoms with E-state index in [0.717, 1.165) is 16.9 Å². The fourth-order valence-electron chi connectivity index (χ4n) is 2.86. The van der Waals surface area contributed by atoms with E-state index >= 15 is 0 Å². The first kappa shape index (κ1) is 20.1. The second-order valence-electron chi connectivity index (χ2n) is 6.53. The largest absolute Gasteiger partial charge is 0.489 e. The lowest BCUT2D eigenvalue weighted by Crippen LogP contribution is -2.35. The van der Waals surface area contributed by atoms with Crippen LogP contribution in [0.4, 0.5) is 0 Å². The van der Waals surface area contributed by atoms with Crippen LogP contribution >= 0.6 is 0 Å². The van der Waals surface area contributed by atoms with Crippen LogP contribution in [0.15, 0.2) is 84.9 Å². The Morgan fingerprint density at radius 1 is 0.724 bits per heavy atom. The molecule has 0 spiro atoms. The van der Waals surface area contributed by atoms with Crippen LogP contribution in [0, 0.1) is 0 Å². The molecule has 3 aromatic carbocycles. The molecular weight excluding hydrogens is 364 g/mol. The van der Waals surface area contributed by atoms with E-state index in [1.807, 2.05) is 78.9 Å². The highest BCUT2D eigenvalue weighted by molar-refractivity contribution is 5.95. The Kier molecular flexibility index (Phi) is 7.41. The summed E-state index contributed by atoms with van der Waals surface area (Å²) in [5, 5.41) is 5.67. The van der Waals surface area contributed by atoms with Crippen molar-refractivity contribution < 1.29 is 14.3 Å². The van der Waals surface area contributed by atoms with Crippen molar-refractivity contribution in [2.45, 2.75) is 13.0 Å². The minimum absolute atomic E-state index is 0.0675. The van der Waals surface area contributed by atoms with Gasteiger partial charge in [0.2, 0.25) is 5.91 Å². The lowest BCUT2D eigenvalue weighted by Gasteiger charge is -2.12. The maximum atomic E-state index is 12.5. The summed E-state index contributed by atoms with van der Waals surface area (Å²) in [5.41, 5.74) is 2.34. The minimum Gasteiger partial charge on any atom is -0.489 e. The molecule has 0 heterocycles. The van der Waals surface area contributed by atoms with Gasteiger partial charge in [-0.3, -0.25) is 9.59 Å². The normalized spacial score (nSPS) is 10.2. The number of carbonyl (C=O) groups excluding carboxylic acids is 2. The van der Waals surface area contributed by atoms with Gasteiger partial charge in [0.05, 0.1) is 6.42 Å². The molecule has 0 aliphatic heterocycles. The highest BCUT2D eigenvalue weighted by Gasteiger charge is 2.11. The van der Waals surface area contributed by atoms with Gasteiger partial charge in [-0.25, -0.2) is 0 Å². The van der Waals surface area contributed by atoms with Gasteiger partial charge in [0, 0.05) is 24.2 Å². The molecular formula is C24H24N2O3. The maximum absolute atomic E-state index is 12.5. The van der Waals surface area contributed by atoms with Crippen LogP contribution in [0.25, 0.3) is 0 Å². The van der Waals surface area contributed by atoms with Gasteiger partial charge in [0.15, 0.2) is 0 Å². The van der Waals surface area contributed by atoms with Gasteiger partial charge >= 0.3 is 0 Å². The van der Waals surface area contributed by atoms with Crippen LogP contribution in [0.1, 0.15) is 21.5 Å². The van der Waals surface area contributed by atoms with Gasteiger partial charge in [-0.15, -0.1) is 0 Å². The van der Waals surface area contributed by atoms with Crippen molar-refractivity contribution in [1.82, 2.24) is 10.6 Å². The van der Waals surface area contributed by atoms with Crippen LogP contribution in [0.2, 0.25) is 0 Å². The smallest absolute Gasteiger partial charge is 0.251 e. The van der Waals surface area contributed by atoms with Crippen LogP contribution in [-0.4, -0.2) is 24.9 Å². The average molecular weight is 388 g/mol. The first-order chi connectivity index (χ1) is 14.2. The average Bonchev–Trinajstić information content (AvgIpc) is 2.77. The summed E-state index contributed by atoms with van der Waals surface area (Å²) in [6, 6.07) is 26.4. The number of carbonyl (C=O) groups is 2. The van der Waals surface area contributed by atoms with Crippen molar-refractivity contribution >= 4 is 11.8 Å². The summed E-state index contributed by atoms with van der Waals surface area (Å²) in [4.78, 5) is 24.5. The molecule has 0 aliphatic rings. The third kappa shape index (κ3) is 6.50. The molecule has 0 atom stereocenters. The molecule has 2 N–H and O–H groups in total. The molecule has 0 aromatic heterocycles. The lowest BCUT2D eigenvalue weighted by atomic mass is 10.1. The molecule has 0 unspecified atom stereocenters. The van der Waals surface area contributed by atoms with Crippen LogP contribution in [-0.2, 0) is 17.8 Å². The predicted octanol–water partition coefficient (Wildman–Crippen LogP) is 3.35. The molecule has 0 saturated heterocycles. The molecule has 0 saturated carbocycles. The molecule has 0 radical (unpaired) electrons. The quantitative estimate of drug-likeness (QED) is 0.553. The first-order valence-corrected chi connectivity index (χ1v) is 9.57. The van der Waals surface area contributed by atoms with Crippen LogP contribution < -0.4 is 15.4 Å². The van der Waals surface area contributed by atoms with Gasteiger partial charge in [-0.2, -0.15) is 0 Å². The van der Waals surface area contributed by atoms with Gasteiger partial charge < -0.3 is 15.4 Å². The molecule has 3 rings (SSSR count). The SMILES string of the molecule is O=C(Cc1ccccc1)NCCNC(=O)c1ccccc1COc1ccccc1. The number of hydrogen-bond acceptors (Lipinski definition) is 3. The van der Waals surface area contributed by atoms with Crippen molar-refractivity contribution in [3.05, 3.63) is 102 Å². The Bertz CT molecular complexity index is 927. The highest BCUT2D eigenvalue weighted by Crippen LogP contribution is 2.14. The van der Waals surface area contributed by atoms with E-state index in [1.54, 1.807) is 6.07 Å². The predicted molar refractivity (Wildman–Crippen MR) is 113 cm³/mol. The summed E-state index contributed by atoms with van der Waals surface area (Å²) in [6.07, 6.45) is 0.328. The Balaban J connectivity index is 1.45.